The molecule has 0 bridgehead atoms. The van der Waals surface area contributed by atoms with Crippen LogP contribution in [0, 0.1) is 18.3 Å². The molecule has 0 spiro atoms. The van der Waals surface area contributed by atoms with E-state index in [9.17, 15) is 9.59 Å². The first-order chi connectivity index (χ1) is 11.5. The number of benzene rings is 1. The lowest BCUT2D eigenvalue weighted by Crippen LogP contribution is -2.13. The largest absolute Gasteiger partial charge is 0.369 e. The zero-order valence-corrected chi connectivity index (χ0v) is 14.7. The lowest BCUT2D eigenvalue weighted by atomic mass is 10.2. The van der Waals surface area contributed by atoms with Crippen molar-refractivity contribution in [2.45, 2.75) is 24.1 Å². The summed E-state index contributed by atoms with van der Waals surface area (Å²) in [5.41, 5.74) is 6.95. The quantitative estimate of drug-likeness (QED) is 0.737. The average molecular weight is 360 g/mol. The monoisotopic (exact) mass is 360 g/mol. The lowest BCUT2D eigenvalue weighted by Gasteiger charge is -2.06. The molecule has 24 heavy (non-hydrogen) atoms. The molecule has 0 radical (unpaired) electrons. The summed E-state index contributed by atoms with van der Waals surface area (Å²) in [7, 11) is 0. The number of hydrogen-bond donors (Lipinski definition) is 2. The van der Waals surface area contributed by atoms with Crippen molar-refractivity contribution in [1.82, 2.24) is 4.98 Å². The van der Waals surface area contributed by atoms with Crippen LogP contribution in [0.4, 0.5) is 5.69 Å². The van der Waals surface area contributed by atoms with Crippen molar-refractivity contribution in [2.75, 3.05) is 11.1 Å². The van der Waals surface area contributed by atoms with E-state index < -0.39 is 0 Å². The van der Waals surface area contributed by atoms with Crippen LogP contribution in [0.5, 0.6) is 0 Å². The highest BCUT2D eigenvalue weighted by molar-refractivity contribution is 8.01. The van der Waals surface area contributed by atoms with Gasteiger partial charge in [-0.05, 0) is 19.1 Å². The van der Waals surface area contributed by atoms with Crippen molar-refractivity contribution in [1.29, 1.82) is 5.26 Å². The first-order valence-corrected chi connectivity index (χ1v) is 8.96. The highest BCUT2D eigenvalue weighted by Gasteiger charge is 2.11. The molecule has 6 nitrogen and oxygen atoms in total. The second-order valence-corrected chi connectivity index (χ2v) is 7.36. The van der Waals surface area contributed by atoms with Crippen LogP contribution in [0.2, 0.25) is 0 Å². The molecule has 2 rings (SSSR count). The molecule has 1 aromatic heterocycles. The summed E-state index contributed by atoms with van der Waals surface area (Å²) in [4.78, 5) is 28.2. The van der Waals surface area contributed by atoms with Crippen LogP contribution < -0.4 is 11.1 Å². The zero-order valence-electron chi connectivity index (χ0n) is 13.0. The number of aromatic nitrogens is 1. The van der Waals surface area contributed by atoms with E-state index >= 15 is 0 Å². The third-order valence-electron chi connectivity index (χ3n) is 3.08. The van der Waals surface area contributed by atoms with E-state index in [1.807, 2.05) is 13.0 Å². The number of nitrogens with one attached hydrogen (secondary N) is 1. The summed E-state index contributed by atoms with van der Waals surface area (Å²) in [6.07, 6.45) is 0.490. The SMILES string of the molecule is Cc1nc(SCCC(=O)Nc2ccccc2C#N)sc1CC(N)=O. The molecule has 0 aliphatic rings. The maximum Gasteiger partial charge on any atom is 0.225 e. The highest BCUT2D eigenvalue weighted by atomic mass is 32.2. The molecule has 2 aromatic rings. The molecule has 0 saturated heterocycles. The molecule has 0 saturated carbocycles. The minimum Gasteiger partial charge on any atom is -0.369 e. The van der Waals surface area contributed by atoms with Crippen LogP contribution in [-0.2, 0) is 16.0 Å². The number of anilines is 1. The van der Waals surface area contributed by atoms with Crippen LogP contribution in [0.1, 0.15) is 22.6 Å². The highest BCUT2D eigenvalue weighted by Crippen LogP contribution is 2.28. The second-order valence-electron chi connectivity index (χ2n) is 4.94. The fourth-order valence-electron chi connectivity index (χ4n) is 1.92. The van der Waals surface area contributed by atoms with E-state index in [4.69, 9.17) is 11.0 Å². The topological polar surface area (TPSA) is 109 Å². The Morgan fingerprint density at radius 3 is 2.88 bits per heavy atom. The zero-order chi connectivity index (χ0) is 17.5. The van der Waals surface area contributed by atoms with Gasteiger partial charge < -0.3 is 11.1 Å². The normalized spacial score (nSPS) is 10.2. The fourth-order valence-corrected chi connectivity index (χ4v) is 4.17. The van der Waals surface area contributed by atoms with Gasteiger partial charge in [-0.25, -0.2) is 4.98 Å². The second kappa shape index (κ2) is 8.47. The Labute approximate surface area is 148 Å². The van der Waals surface area contributed by atoms with Gasteiger partial charge in [-0.2, -0.15) is 5.26 Å². The van der Waals surface area contributed by atoms with Crippen molar-refractivity contribution in [3.63, 3.8) is 0 Å². The minimum atomic E-state index is -0.381. The number of thioether (sulfide) groups is 1. The number of hydrogen-bond acceptors (Lipinski definition) is 6. The summed E-state index contributed by atoms with van der Waals surface area (Å²) in [5.74, 6) is 0.0217. The minimum absolute atomic E-state index is 0.157. The molecular weight excluding hydrogens is 344 g/mol. The molecule has 124 valence electrons. The molecule has 3 N–H and O–H groups in total. The van der Waals surface area contributed by atoms with E-state index in [1.54, 1.807) is 24.3 Å². The molecule has 0 fully saturated rings. The van der Waals surface area contributed by atoms with Gasteiger partial charge in [0.1, 0.15) is 10.4 Å². The van der Waals surface area contributed by atoms with Crippen molar-refractivity contribution >= 4 is 40.6 Å². The van der Waals surface area contributed by atoms with Gasteiger partial charge in [0.05, 0.1) is 23.4 Å². The van der Waals surface area contributed by atoms with Gasteiger partial charge in [0.25, 0.3) is 0 Å². The predicted octanol–water partition coefficient (Wildman–Crippen LogP) is 2.47. The number of aryl methyl sites for hydroxylation is 1. The van der Waals surface area contributed by atoms with Crippen LogP contribution in [-0.4, -0.2) is 22.6 Å². The number of amides is 2. The van der Waals surface area contributed by atoms with Crippen LogP contribution in [0.25, 0.3) is 0 Å². The molecule has 2 amide bonds. The van der Waals surface area contributed by atoms with E-state index in [-0.39, 0.29) is 18.2 Å². The number of primary amides is 1. The Balaban J connectivity index is 1.85. The maximum absolute atomic E-state index is 12.0. The number of nitrogens with two attached hydrogens (primary N) is 1. The number of nitrogens with zero attached hydrogens (tertiary/aromatic N) is 2. The van der Waals surface area contributed by atoms with E-state index in [0.717, 1.165) is 14.9 Å². The molecule has 8 heteroatoms. The number of thiazole rings is 1. The Morgan fingerprint density at radius 1 is 1.42 bits per heavy atom. The first-order valence-electron chi connectivity index (χ1n) is 7.16. The molecule has 0 unspecified atom stereocenters. The fraction of sp³-hybridized carbons (Fsp3) is 0.250. The predicted molar refractivity (Wildman–Crippen MR) is 94.9 cm³/mol. The Morgan fingerprint density at radius 2 is 2.17 bits per heavy atom. The summed E-state index contributed by atoms with van der Waals surface area (Å²) < 4.78 is 0.814. The molecule has 0 aliphatic carbocycles. The number of para-hydroxylation sites is 1. The standard InChI is InChI=1S/C16H16N4O2S2/c1-10-13(8-14(18)21)24-16(19-10)23-7-6-15(22)20-12-5-3-2-4-11(12)9-17/h2-5H,6-8H2,1H3,(H2,18,21)(H,20,22). The van der Waals surface area contributed by atoms with Crippen LogP contribution in [0.3, 0.4) is 0 Å². The van der Waals surface area contributed by atoms with Gasteiger partial charge >= 0.3 is 0 Å². The molecule has 1 heterocycles. The molecule has 0 aliphatic heterocycles. The summed E-state index contributed by atoms with van der Waals surface area (Å²) >= 11 is 2.89. The molecule has 0 atom stereocenters. The maximum atomic E-state index is 12.0. The van der Waals surface area contributed by atoms with Gasteiger partial charge in [0.15, 0.2) is 0 Å². The van der Waals surface area contributed by atoms with Gasteiger partial charge in [0, 0.05) is 17.1 Å². The number of carbonyl (C=O) groups excluding carboxylic acids is 2. The van der Waals surface area contributed by atoms with Crippen LogP contribution >= 0.6 is 23.1 Å². The molecular formula is C16H16N4O2S2. The summed E-state index contributed by atoms with van der Waals surface area (Å²) in [6, 6.07) is 8.91. The van der Waals surface area contributed by atoms with Gasteiger partial charge in [-0.1, -0.05) is 23.9 Å². The van der Waals surface area contributed by atoms with Gasteiger partial charge in [-0.3, -0.25) is 9.59 Å². The van der Waals surface area contributed by atoms with E-state index in [0.29, 0.717) is 23.4 Å². The van der Waals surface area contributed by atoms with Crippen molar-refractivity contribution in [2.24, 2.45) is 5.73 Å². The van der Waals surface area contributed by atoms with Crippen molar-refractivity contribution in [3.8, 4) is 6.07 Å². The Kier molecular flexibility index (Phi) is 6.35. The number of nitriles is 1. The Bertz CT molecular complexity index is 796. The lowest BCUT2D eigenvalue weighted by molar-refractivity contribution is -0.117. The van der Waals surface area contributed by atoms with Crippen molar-refractivity contribution in [3.05, 3.63) is 40.4 Å². The van der Waals surface area contributed by atoms with E-state index in [1.165, 1.54) is 23.1 Å². The van der Waals surface area contributed by atoms with Crippen LogP contribution in [0.15, 0.2) is 28.6 Å². The number of carbonyl (C=O) groups is 2. The number of rotatable bonds is 7. The van der Waals surface area contributed by atoms with Gasteiger partial charge in [0.2, 0.25) is 11.8 Å². The summed E-state index contributed by atoms with van der Waals surface area (Å²) in [6.45, 7) is 1.84. The third kappa shape index (κ3) is 5.08. The molecule has 1 aromatic carbocycles. The smallest absolute Gasteiger partial charge is 0.225 e. The van der Waals surface area contributed by atoms with E-state index in [2.05, 4.69) is 10.3 Å². The Hall–Kier alpha value is -2.37. The first kappa shape index (κ1) is 18.0. The third-order valence-corrected chi connectivity index (χ3v) is 5.39. The van der Waals surface area contributed by atoms with Crippen molar-refractivity contribution < 1.29 is 9.59 Å². The average Bonchev–Trinajstić information content (AvgIpc) is 2.87. The summed E-state index contributed by atoms with van der Waals surface area (Å²) in [5, 5.41) is 11.7. The van der Waals surface area contributed by atoms with Gasteiger partial charge in [-0.15, -0.1) is 11.3 Å².